The van der Waals surface area contributed by atoms with Gasteiger partial charge in [0, 0.05) is 31.5 Å². The molecule has 1 aromatic carbocycles. The van der Waals surface area contributed by atoms with Crippen LogP contribution in [0.1, 0.15) is 11.4 Å². The Balaban J connectivity index is 1.49. The summed E-state index contributed by atoms with van der Waals surface area (Å²) in [5.41, 5.74) is 1.60. The maximum atomic E-state index is 12.0. The van der Waals surface area contributed by atoms with Gasteiger partial charge in [-0.3, -0.25) is 0 Å². The third kappa shape index (κ3) is 5.18. The number of urea groups is 1. The highest BCUT2D eigenvalue weighted by molar-refractivity contribution is 6.33. The van der Waals surface area contributed by atoms with Gasteiger partial charge in [-0.1, -0.05) is 17.7 Å². The second-order valence-electron chi connectivity index (χ2n) is 5.90. The van der Waals surface area contributed by atoms with E-state index in [1.165, 1.54) is 0 Å². The minimum absolute atomic E-state index is 0.321. The van der Waals surface area contributed by atoms with Crippen LogP contribution in [0.5, 0.6) is 0 Å². The fourth-order valence-electron chi connectivity index (χ4n) is 2.42. The summed E-state index contributed by atoms with van der Waals surface area (Å²) in [7, 11) is 0. The number of hydrogen-bond acceptors (Lipinski definition) is 5. The van der Waals surface area contributed by atoms with Crippen molar-refractivity contribution in [3.63, 3.8) is 0 Å². The Labute approximate surface area is 162 Å². The fraction of sp³-hybridized carbons (Fsp3) is 0.222. The Hall–Kier alpha value is -3.13. The first-order valence-electron chi connectivity index (χ1n) is 8.42. The molecule has 0 radical (unpaired) electrons. The van der Waals surface area contributed by atoms with E-state index in [2.05, 4.69) is 31.0 Å². The molecule has 3 aromatic rings. The predicted molar refractivity (Wildman–Crippen MR) is 106 cm³/mol. The monoisotopic (exact) mass is 385 g/mol. The van der Waals surface area contributed by atoms with Crippen molar-refractivity contribution in [1.29, 1.82) is 0 Å². The average Bonchev–Trinajstić information content (AvgIpc) is 3.15. The number of amides is 2. The third-order valence-corrected chi connectivity index (χ3v) is 3.97. The van der Waals surface area contributed by atoms with Crippen molar-refractivity contribution in [2.75, 3.05) is 23.7 Å². The van der Waals surface area contributed by atoms with Gasteiger partial charge in [-0.05, 0) is 37.6 Å². The molecule has 9 heteroatoms. The zero-order valence-corrected chi connectivity index (χ0v) is 15.8. The number of nitrogens with one attached hydrogen (secondary N) is 3. The maximum absolute atomic E-state index is 12.0. The number of rotatable bonds is 6. The molecule has 3 N–H and O–H groups in total. The molecule has 0 bridgehead atoms. The molecule has 0 aliphatic rings. The second-order valence-corrected chi connectivity index (χ2v) is 6.31. The molecular formula is C18H20ClN7O. The standard InChI is InChI=1S/C18H20ClN7O/c1-12-4-5-15(14(19)10-12)25-18(27)21-8-7-20-16-11-17(24-13(2)23-16)26-9-3-6-22-26/h3-6,9-11H,7-8H2,1-2H3,(H,20,23,24)(H2,21,25,27). The van der Waals surface area contributed by atoms with Gasteiger partial charge < -0.3 is 16.0 Å². The lowest BCUT2D eigenvalue weighted by molar-refractivity contribution is 0.252. The van der Waals surface area contributed by atoms with Crippen LogP contribution in [0.15, 0.2) is 42.7 Å². The molecule has 3 rings (SSSR count). The van der Waals surface area contributed by atoms with Crippen LogP contribution in [0.4, 0.5) is 16.3 Å². The lowest BCUT2D eigenvalue weighted by Gasteiger charge is -2.11. The number of hydrogen-bond donors (Lipinski definition) is 3. The molecule has 0 saturated heterocycles. The summed E-state index contributed by atoms with van der Waals surface area (Å²) in [4.78, 5) is 20.7. The van der Waals surface area contributed by atoms with Gasteiger partial charge in [0.05, 0.1) is 10.7 Å². The number of anilines is 2. The van der Waals surface area contributed by atoms with Crippen molar-refractivity contribution in [3.05, 3.63) is 59.1 Å². The molecule has 0 unspecified atom stereocenters. The Bertz CT molecular complexity index is 927. The summed E-state index contributed by atoms with van der Waals surface area (Å²) >= 11 is 6.11. The summed E-state index contributed by atoms with van der Waals surface area (Å²) in [6.45, 7) is 4.67. The predicted octanol–water partition coefficient (Wildman–Crippen LogP) is 3.17. The maximum Gasteiger partial charge on any atom is 0.319 e. The van der Waals surface area contributed by atoms with E-state index in [0.717, 1.165) is 5.56 Å². The van der Waals surface area contributed by atoms with Crippen LogP contribution in [0.3, 0.4) is 0 Å². The average molecular weight is 386 g/mol. The molecule has 2 amide bonds. The van der Waals surface area contributed by atoms with E-state index in [1.54, 1.807) is 29.1 Å². The number of carbonyl (C=O) groups excluding carboxylic acids is 1. The Morgan fingerprint density at radius 3 is 2.78 bits per heavy atom. The first-order chi connectivity index (χ1) is 13.0. The Kier molecular flexibility index (Phi) is 5.87. The van der Waals surface area contributed by atoms with Gasteiger partial charge in [0.2, 0.25) is 0 Å². The normalized spacial score (nSPS) is 10.5. The van der Waals surface area contributed by atoms with Gasteiger partial charge in [-0.15, -0.1) is 0 Å². The zero-order valence-electron chi connectivity index (χ0n) is 15.0. The van der Waals surface area contributed by atoms with Crippen molar-refractivity contribution in [1.82, 2.24) is 25.1 Å². The van der Waals surface area contributed by atoms with Crippen molar-refractivity contribution < 1.29 is 4.79 Å². The molecule has 2 heterocycles. The van der Waals surface area contributed by atoms with Crippen LogP contribution in [0.2, 0.25) is 5.02 Å². The van der Waals surface area contributed by atoms with E-state index in [9.17, 15) is 4.79 Å². The quantitative estimate of drug-likeness (QED) is 0.566. The molecule has 0 aliphatic heterocycles. The van der Waals surface area contributed by atoms with Crippen LogP contribution in [-0.4, -0.2) is 38.9 Å². The number of nitrogens with zero attached hydrogens (tertiary/aromatic N) is 4. The molecule has 0 aliphatic carbocycles. The van der Waals surface area contributed by atoms with E-state index in [1.807, 2.05) is 32.2 Å². The van der Waals surface area contributed by atoms with E-state index in [-0.39, 0.29) is 6.03 Å². The van der Waals surface area contributed by atoms with Crippen LogP contribution < -0.4 is 16.0 Å². The van der Waals surface area contributed by atoms with Gasteiger partial charge in [-0.2, -0.15) is 5.10 Å². The smallest absolute Gasteiger partial charge is 0.319 e. The third-order valence-electron chi connectivity index (χ3n) is 3.65. The lowest BCUT2D eigenvalue weighted by atomic mass is 10.2. The van der Waals surface area contributed by atoms with Gasteiger partial charge in [0.1, 0.15) is 11.6 Å². The van der Waals surface area contributed by atoms with Crippen molar-refractivity contribution >= 4 is 29.1 Å². The minimum atomic E-state index is -0.321. The highest BCUT2D eigenvalue weighted by atomic mass is 35.5. The lowest BCUT2D eigenvalue weighted by Crippen LogP contribution is -2.32. The second kappa shape index (κ2) is 8.50. The minimum Gasteiger partial charge on any atom is -0.368 e. The summed E-state index contributed by atoms with van der Waals surface area (Å²) in [5.74, 6) is 1.97. The first kappa shape index (κ1) is 18.7. The largest absolute Gasteiger partial charge is 0.368 e. The summed E-state index contributed by atoms with van der Waals surface area (Å²) in [5, 5.41) is 13.3. The first-order valence-corrected chi connectivity index (χ1v) is 8.79. The molecule has 27 heavy (non-hydrogen) atoms. The summed E-state index contributed by atoms with van der Waals surface area (Å²) < 4.78 is 1.66. The van der Waals surface area contributed by atoms with E-state index in [0.29, 0.717) is 41.3 Å². The van der Waals surface area contributed by atoms with Crippen LogP contribution in [0.25, 0.3) is 5.82 Å². The van der Waals surface area contributed by atoms with Gasteiger partial charge in [0.15, 0.2) is 5.82 Å². The summed E-state index contributed by atoms with van der Waals surface area (Å²) in [6.07, 6.45) is 3.50. The van der Waals surface area contributed by atoms with E-state index in [4.69, 9.17) is 11.6 Å². The number of aryl methyl sites for hydroxylation is 2. The Morgan fingerprint density at radius 1 is 1.19 bits per heavy atom. The zero-order chi connectivity index (χ0) is 19.2. The van der Waals surface area contributed by atoms with Crippen LogP contribution >= 0.6 is 11.6 Å². The van der Waals surface area contributed by atoms with E-state index < -0.39 is 0 Å². The molecule has 2 aromatic heterocycles. The molecule has 0 saturated carbocycles. The van der Waals surface area contributed by atoms with Crippen molar-refractivity contribution in [2.45, 2.75) is 13.8 Å². The molecule has 0 atom stereocenters. The number of benzene rings is 1. The van der Waals surface area contributed by atoms with E-state index >= 15 is 0 Å². The summed E-state index contributed by atoms with van der Waals surface area (Å²) in [6, 6.07) is 8.76. The molecule has 0 fully saturated rings. The molecule has 8 nitrogen and oxygen atoms in total. The van der Waals surface area contributed by atoms with Crippen LogP contribution in [-0.2, 0) is 0 Å². The van der Waals surface area contributed by atoms with Crippen molar-refractivity contribution in [3.8, 4) is 5.82 Å². The van der Waals surface area contributed by atoms with Gasteiger partial charge in [-0.25, -0.2) is 19.4 Å². The number of aromatic nitrogens is 4. The topological polar surface area (TPSA) is 96.8 Å². The molecule has 0 spiro atoms. The van der Waals surface area contributed by atoms with Crippen LogP contribution in [0, 0.1) is 13.8 Å². The number of halogens is 1. The highest BCUT2D eigenvalue weighted by Crippen LogP contribution is 2.22. The van der Waals surface area contributed by atoms with Gasteiger partial charge in [0.25, 0.3) is 0 Å². The SMILES string of the molecule is Cc1ccc(NC(=O)NCCNc2cc(-n3cccn3)nc(C)n2)c(Cl)c1. The number of carbonyl (C=O) groups is 1. The Morgan fingerprint density at radius 2 is 2.04 bits per heavy atom. The fourth-order valence-corrected chi connectivity index (χ4v) is 2.70. The molecule has 140 valence electrons. The van der Waals surface area contributed by atoms with Gasteiger partial charge >= 0.3 is 6.03 Å². The van der Waals surface area contributed by atoms with Crippen molar-refractivity contribution in [2.24, 2.45) is 0 Å². The molecular weight excluding hydrogens is 366 g/mol. The highest BCUT2D eigenvalue weighted by Gasteiger charge is 2.06.